The van der Waals surface area contributed by atoms with Crippen molar-refractivity contribution in [1.82, 2.24) is 19.5 Å². The van der Waals surface area contributed by atoms with Gasteiger partial charge in [0.25, 0.3) is 0 Å². The molecule has 0 bridgehead atoms. The number of fused-ring (bicyclic) bond motifs is 2. The van der Waals surface area contributed by atoms with Gasteiger partial charge in [-0.25, -0.2) is 24.3 Å². The number of cyclic esters (lactones) is 1. The van der Waals surface area contributed by atoms with Crippen molar-refractivity contribution in [3.63, 3.8) is 0 Å². The lowest BCUT2D eigenvalue weighted by molar-refractivity contribution is -0.147. The van der Waals surface area contributed by atoms with Crippen LogP contribution in [0.1, 0.15) is 6.23 Å². The molecule has 2 aromatic heterocycles. The maximum atomic E-state index is 11.5. The van der Waals surface area contributed by atoms with E-state index in [1.54, 1.807) is 0 Å². The molecule has 0 radical (unpaired) electrons. The van der Waals surface area contributed by atoms with Crippen LogP contribution in [-0.4, -0.2) is 99.6 Å². The van der Waals surface area contributed by atoms with Crippen molar-refractivity contribution in [3.05, 3.63) is 24.2 Å². The number of carbonyl (C=O) groups is 1. The van der Waals surface area contributed by atoms with Crippen LogP contribution in [0.15, 0.2) is 24.2 Å². The third-order valence-corrected chi connectivity index (χ3v) is 6.09. The molecule has 2 aromatic rings. The number of aliphatic hydroxyl groups excluding tert-OH is 5. The van der Waals surface area contributed by atoms with E-state index in [-0.39, 0.29) is 12.4 Å². The molecule has 0 saturated carbocycles. The van der Waals surface area contributed by atoms with E-state index in [2.05, 4.69) is 24.2 Å². The number of esters is 1. The minimum absolute atomic E-state index is 0.157. The predicted octanol–water partition coefficient (Wildman–Crippen LogP) is -2.22. The van der Waals surface area contributed by atoms with Crippen molar-refractivity contribution in [1.29, 1.82) is 0 Å². The number of hydrogen-bond donors (Lipinski definition) is 7. The van der Waals surface area contributed by atoms with Gasteiger partial charge in [0, 0.05) is 0 Å². The predicted molar refractivity (Wildman–Crippen MR) is 106 cm³/mol. The first-order valence-electron chi connectivity index (χ1n) is 9.58. The normalized spacial score (nSPS) is 33.9. The lowest BCUT2D eigenvalue weighted by Crippen LogP contribution is -2.39. The molecule has 0 spiro atoms. The van der Waals surface area contributed by atoms with E-state index in [9.17, 15) is 19.4 Å². The molecule has 2 fully saturated rings. The number of nitrogens with zero attached hydrogens (tertiary/aromatic N) is 4. The van der Waals surface area contributed by atoms with Gasteiger partial charge in [0.2, 0.25) is 5.76 Å². The standard InChI is InChI=1S/C10H12N5O6P.C6H8O6/c11-8-5-9(13-2-12-8)15(3-14-5)10-6(16)7-4(20-10)1-19-22(17,18)21-7;7-1-2(8)5-3(9)4(10)6(11)12-5/h2-4,6-7,10,16H,1H2,(H,17,18)(H2,11,12,13);2,5,7-10H,1H2/t4-,6-,7-,10-;2-,5+/m10/s1. The third kappa shape index (κ3) is 4.30. The molecule has 0 aromatic carbocycles. The number of imidazole rings is 1. The summed E-state index contributed by atoms with van der Waals surface area (Å²) >= 11 is 0. The molecular formula is C16H20N5O12P. The van der Waals surface area contributed by atoms with Gasteiger partial charge in [-0.3, -0.25) is 13.6 Å². The molecule has 17 nitrogen and oxygen atoms in total. The smallest absolute Gasteiger partial charge is 0.472 e. The summed E-state index contributed by atoms with van der Waals surface area (Å²) < 4.78 is 32.5. The Morgan fingerprint density at radius 2 is 2.03 bits per heavy atom. The molecule has 5 heterocycles. The van der Waals surface area contributed by atoms with Crippen molar-refractivity contribution < 1.29 is 58.3 Å². The summed E-state index contributed by atoms with van der Waals surface area (Å²) in [7, 11) is -4.16. The summed E-state index contributed by atoms with van der Waals surface area (Å²) in [4.78, 5) is 31.9. The quantitative estimate of drug-likeness (QED) is 0.172. The maximum Gasteiger partial charge on any atom is 0.472 e. The van der Waals surface area contributed by atoms with Crippen LogP contribution < -0.4 is 5.73 Å². The highest BCUT2D eigenvalue weighted by Crippen LogP contribution is 2.52. The summed E-state index contributed by atoms with van der Waals surface area (Å²) in [5, 5.41) is 45.4. The summed E-state index contributed by atoms with van der Waals surface area (Å²) in [6.45, 7) is -0.828. The van der Waals surface area contributed by atoms with Gasteiger partial charge < -0.3 is 45.6 Å². The Kier molecular flexibility index (Phi) is 6.45. The van der Waals surface area contributed by atoms with E-state index in [1.165, 1.54) is 17.2 Å². The topological polar surface area (TPSA) is 262 Å². The number of phosphoric acid groups is 1. The number of hydrogen-bond acceptors (Lipinski definition) is 15. The average Bonchev–Trinajstić information content (AvgIpc) is 3.44. The summed E-state index contributed by atoms with van der Waals surface area (Å²) in [6, 6.07) is 0. The van der Waals surface area contributed by atoms with Crippen LogP contribution in [0.2, 0.25) is 0 Å². The van der Waals surface area contributed by atoms with Gasteiger partial charge in [-0.15, -0.1) is 0 Å². The number of nitrogen functional groups attached to an aromatic ring is 1. The Morgan fingerprint density at radius 1 is 1.29 bits per heavy atom. The van der Waals surface area contributed by atoms with Crippen molar-refractivity contribution in [2.45, 2.75) is 36.7 Å². The lowest BCUT2D eigenvalue weighted by atomic mass is 10.1. The van der Waals surface area contributed by atoms with Crippen LogP contribution >= 0.6 is 7.82 Å². The Hall–Kier alpha value is -2.89. The molecule has 7 atom stereocenters. The number of aliphatic hydroxyl groups is 5. The average molecular weight is 505 g/mol. The molecule has 3 aliphatic heterocycles. The molecule has 2 saturated heterocycles. The third-order valence-electron chi connectivity index (χ3n) is 5.10. The summed E-state index contributed by atoms with van der Waals surface area (Å²) in [5.41, 5.74) is 6.46. The van der Waals surface area contributed by atoms with Gasteiger partial charge in [-0.2, -0.15) is 0 Å². The van der Waals surface area contributed by atoms with Crippen LogP contribution in [0.5, 0.6) is 0 Å². The molecule has 186 valence electrons. The maximum absolute atomic E-state index is 11.5. The fraction of sp³-hybridized carbons (Fsp3) is 0.500. The first-order chi connectivity index (χ1) is 16.0. The summed E-state index contributed by atoms with van der Waals surface area (Å²) in [5.74, 6) is -2.58. The second kappa shape index (κ2) is 9.05. The second-order valence-electron chi connectivity index (χ2n) is 7.28. The molecule has 3 aliphatic rings. The molecule has 0 amide bonds. The number of aromatic nitrogens is 4. The van der Waals surface area contributed by atoms with Gasteiger partial charge in [0.15, 0.2) is 29.6 Å². The van der Waals surface area contributed by atoms with Crippen LogP contribution in [-0.2, 0) is 27.9 Å². The number of anilines is 1. The van der Waals surface area contributed by atoms with E-state index in [0.29, 0.717) is 11.2 Å². The van der Waals surface area contributed by atoms with Gasteiger partial charge in [-0.1, -0.05) is 0 Å². The van der Waals surface area contributed by atoms with Gasteiger partial charge in [0.05, 0.1) is 19.5 Å². The lowest BCUT2D eigenvalue weighted by Gasteiger charge is -2.27. The number of phosphoric ester groups is 1. The van der Waals surface area contributed by atoms with Crippen molar-refractivity contribution in [3.8, 4) is 0 Å². The van der Waals surface area contributed by atoms with E-state index in [4.69, 9.17) is 35.4 Å². The van der Waals surface area contributed by atoms with Crippen molar-refractivity contribution in [2.24, 2.45) is 0 Å². The Balaban J connectivity index is 0.000000195. The zero-order valence-electron chi connectivity index (χ0n) is 17.0. The molecule has 5 rings (SSSR count). The van der Waals surface area contributed by atoms with Crippen LogP contribution in [0.3, 0.4) is 0 Å². The van der Waals surface area contributed by atoms with Crippen LogP contribution in [0, 0.1) is 0 Å². The Labute approximate surface area is 189 Å². The van der Waals surface area contributed by atoms with Crippen LogP contribution in [0.4, 0.5) is 5.82 Å². The molecule has 1 unspecified atom stereocenters. The number of ether oxygens (including phenoxy) is 2. The second-order valence-corrected chi connectivity index (χ2v) is 8.69. The SMILES string of the molecule is Nc1ncnc2c1ncn2[C@@H]1O[C@@H]2COP(=O)(O)O[C@H]2[C@H]1O.O=C1O[C@H]([C@@H](O)CO)C(O)=C1O. The molecule has 8 N–H and O–H groups in total. The zero-order valence-corrected chi connectivity index (χ0v) is 17.9. The minimum Gasteiger partial charge on any atom is -0.505 e. The Morgan fingerprint density at radius 3 is 2.68 bits per heavy atom. The molecule has 0 aliphatic carbocycles. The molecular weight excluding hydrogens is 485 g/mol. The number of rotatable bonds is 3. The molecule has 34 heavy (non-hydrogen) atoms. The number of carbonyl (C=O) groups excluding carboxylic acids is 1. The fourth-order valence-corrected chi connectivity index (χ4v) is 4.41. The van der Waals surface area contributed by atoms with E-state index in [0.717, 1.165) is 0 Å². The van der Waals surface area contributed by atoms with Gasteiger partial charge >= 0.3 is 13.8 Å². The fourth-order valence-electron chi connectivity index (χ4n) is 3.44. The molecule has 18 heteroatoms. The highest BCUT2D eigenvalue weighted by Gasteiger charge is 2.52. The van der Waals surface area contributed by atoms with Gasteiger partial charge in [0.1, 0.15) is 36.3 Å². The van der Waals surface area contributed by atoms with E-state index in [1.807, 2.05) is 0 Å². The minimum atomic E-state index is -4.16. The van der Waals surface area contributed by atoms with Gasteiger partial charge in [-0.05, 0) is 0 Å². The van der Waals surface area contributed by atoms with E-state index >= 15 is 0 Å². The van der Waals surface area contributed by atoms with Crippen LogP contribution in [0.25, 0.3) is 11.2 Å². The largest absolute Gasteiger partial charge is 0.505 e. The first-order valence-corrected chi connectivity index (χ1v) is 11.1. The zero-order chi connectivity index (χ0) is 24.8. The monoisotopic (exact) mass is 505 g/mol. The highest BCUT2D eigenvalue weighted by molar-refractivity contribution is 7.47. The van der Waals surface area contributed by atoms with Crippen molar-refractivity contribution in [2.75, 3.05) is 18.9 Å². The number of nitrogens with two attached hydrogens (primary N) is 1. The first kappa shape index (κ1) is 24.2. The van der Waals surface area contributed by atoms with E-state index < -0.39 is 68.7 Å². The summed E-state index contributed by atoms with van der Waals surface area (Å²) in [6.07, 6.45) is -3.84. The Bertz CT molecular complexity index is 1170. The van der Waals surface area contributed by atoms with Crippen molar-refractivity contribution >= 4 is 30.8 Å². The highest BCUT2D eigenvalue weighted by atomic mass is 31.2.